The molecule has 1 aliphatic rings. The SMILES string of the molecule is CC(C)(C)OC(=O)n1cc(I)c2cc(Cl)cc(C3CCOCC3)c21. The van der Waals surface area contributed by atoms with Crippen molar-refractivity contribution in [1.29, 1.82) is 0 Å². The van der Waals surface area contributed by atoms with Crippen molar-refractivity contribution in [2.75, 3.05) is 13.2 Å². The molecule has 0 N–H and O–H groups in total. The third kappa shape index (κ3) is 3.73. The molecule has 1 aromatic carbocycles. The molecular weight excluding hydrogens is 441 g/mol. The van der Waals surface area contributed by atoms with Crippen LogP contribution in [0.25, 0.3) is 10.9 Å². The molecule has 1 fully saturated rings. The first-order chi connectivity index (χ1) is 11.3. The zero-order valence-corrected chi connectivity index (χ0v) is 17.0. The van der Waals surface area contributed by atoms with Crippen LogP contribution in [0.15, 0.2) is 18.3 Å². The molecule has 0 bridgehead atoms. The monoisotopic (exact) mass is 461 g/mol. The Hall–Kier alpha value is -0.790. The number of aromatic nitrogens is 1. The number of carbonyl (C=O) groups is 1. The van der Waals surface area contributed by atoms with E-state index in [0.29, 0.717) is 10.9 Å². The number of hydrogen-bond donors (Lipinski definition) is 0. The van der Waals surface area contributed by atoms with E-state index >= 15 is 0 Å². The van der Waals surface area contributed by atoms with Crippen molar-refractivity contribution in [3.63, 3.8) is 0 Å². The van der Waals surface area contributed by atoms with Gasteiger partial charge in [0.2, 0.25) is 0 Å². The molecule has 6 heteroatoms. The third-order valence-corrected chi connectivity index (χ3v) is 5.17. The van der Waals surface area contributed by atoms with Crippen LogP contribution in [0.4, 0.5) is 4.79 Å². The molecule has 1 aliphatic heterocycles. The fraction of sp³-hybridized carbons (Fsp3) is 0.500. The minimum Gasteiger partial charge on any atom is -0.443 e. The van der Waals surface area contributed by atoms with Gasteiger partial charge in [0.25, 0.3) is 0 Å². The quantitative estimate of drug-likeness (QED) is 0.521. The van der Waals surface area contributed by atoms with E-state index in [1.165, 1.54) is 0 Å². The van der Waals surface area contributed by atoms with Crippen molar-refractivity contribution >= 4 is 51.2 Å². The Morgan fingerprint density at radius 2 is 2.00 bits per heavy atom. The summed E-state index contributed by atoms with van der Waals surface area (Å²) < 4.78 is 13.7. The predicted octanol–water partition coefficient (Wildman–Crippen LogP) is 5.58. The number of halogens is 2. The second-order valence-electron chi connectivity index (χ2n) is 7.11. The third-order valence-electron chi connectivity index (χ3n) is 4.10. The lowest BCUT2D eigenvalue weighted by Gasteiger charge is -2.25. The Labute approximate surface area is 160 Å². The van der Waals surface area contributed by atoms with Gasteiger partial charge in [-0.05, 0) is 79.8 Å². The van der Waals surface area contributed by atoms with Crippen LogP contribution in [0.3, 0.4) is 0 Å². The zero-order chi connectivity index (χ0) is 17.5. The second-order valence-corrected chi connectivity index (χ2v) is 8.70. The first kappa shape index (κ1) is 18.0. The predicted molar refractivity (Wildman–Crippen MR) is 104 cm³/mol. The topological polar surface area (TPSA) is 40.5 Å². The van der Waals surface area contributed by atoms with E-state index in [-0.39, 0.29) is 6.09 Å². The summed E-state index contributed by atoms with van der Waals surface area (Å²) in [5.41, 5.74) is 1.48. The highest BCUT2D eigenvalue weighted by Crippen LogP contribution is 2.37. The summed E-state index contributed by atoms with van der Waals surface area (Å²) in [5, 5.41) is 1.69. The van der Waals surface area contributed by atoms with Crippen LogP contribution in [0, 0.1) is 3.57 Å². The summed E-state index contributed by atoms with van der Waals surface area (Å²) in [6.07, 6.45) is 3.35. The molecular formula is C18H21ClINO3. The van der Waals surface area contributed by atoms with Crippen LogP contribution < -0.4 is 0 Å². The van der Waals surface area contributed by atoms with Gasteiger partial charge in [-0.25, -0.2) is 4.79 Å². The van der Waals surface area contributed by atoms with Gasteiger partial charge in [0.1, 0.15) is 5.60 Å². The minimum absolute atomic E-state index is 0.340. The van der Waals surface area contributed by atoms with Crippen molar-refractivity contribution in [2.24, 2.45) is 0 Å². The van der Waals surface area contributed by atoms with Gasteiger partial charge in [0.15, 0.2) is 0 Å². The molecule has 24 heavy (non-hydrogen) atoms. The summed E-state index contributed by atoms with van der Waals surface area (Å²) in [6, 6.07) is 3.90. The average molecular weight is 462 g/mol. The largest absolute Gasteiger partial charge is 0.443 e. The van der Waals surface area contributed by atoms with Crippen molar-refractivity contribution in [3.8, 4) is 0 Å². The van der Waals surface area contributed by atoms with E-state index in [1.54, 1.807) is 4.57 Å². The highest BCUT2D eigenvalue weighted by atomic mass is 127. The van der Waals surface area contributed by atoms with Gasteiger partial charge in [-0.1, -0.05) is 11.6 Å². The number of fused-ring (bicyclic) bond motifs is 1. The summed E-state index contributed by atoms with van der Waals surface area (Å²) in [7, 11) is 0. The van der Waals surface area contributed by atoms with Crippen LogP contribution in [0.1, 0.15) is 45.1 Å². The lowest BCUT2D eigenvalue weighted by molar-refractivity contribution is 0.0543. The number of ether oxygens (including phenoxy) is 2. The first-order valence-corrected chi connectivity index (χ1v) is 9.53. The van der Waals surface area contributed by atoms with E-state index in [0.717, 1.165) is 46.1 Å². The molecule has 4 nitrogen and oxygen atoms in total. The number of rotatable bonds is 1. The van der Waals surface area contributed by atoms with Crippen LogP contribution >= 0.6 is 34.2 Å². The van der Waals surface area contributed by atoms with Crippen molar-refractivity contribution in [3.05, 3.63) is 32.5 Å². The van der Waals surface area contributed by atoms with Crippen LogP contribution in [0.2, 0.25) is 5.02 Å². The Morgan fingerprint density at radius 1 is 1.33 bits per heavy atom. The maximum Gasteiger partial charge on any atom is 0.419 e. The summed E-state index contributed by atoms with van der Waals surface area (Å²) in [4.78, 5) is 12.7. The molecule has 130 valence electrons. The van der Waals surface area contributed by atoms with Crippen LogP contribution in [-0.4, -0.2) is 29.5 Å². The molecule has 1 aromatic heterocycles. The minimum atomic E-state index is -0.537. The molecule has 2 heterocycles. The second kappa shape index (κ2) is 6.84. The number of hydrogen-bond acceptors (Lipinski definition) is 3. The summed E-state index contributed by atoms with van der Waals surface area (Å²) >= 11 is 8.59. The molecule has 3 rings (SSSR count). The van der Waals surface area contributed by atoms with Gasteiger partial charge in [0.05, 0.1) is 5.52 Å². The molecule has 0 radical (unpaired) electrons. The Morgan fingerprint density at radius 3 is 2.62 bits per heavy atom. The van der Waals surface area contributed by atoms with Crippen molar-refractivity contribution in [2.45, 2.75) is 45.1 Å². The lowest BCUT2D eigenvalue weighted by atomic mass is 9.90. The zero-order valence-electron chi connectivity index (χ0n) is 14.1. The molecule has 0 aliphatic carbocycles. The molecule has 0 atom stereocenters. The van der Waals surface area contributed by atoms with Crippen LogP contribution in [0.5, 0.6) is 0 Å². The van der Waals surface area contributed by atoms with Gasteiger partial charge < -0.3 is 9.47 Å². The maximum atomic E-state index is 12.7. The van der Waals surface area contributed by atoms with E-state index < -0.39 is 5.60 Å². The van der Waals surface area contributed by atoms with Gasteiger partial charge in [-0.15, -0.1) is 0 Å². The lowest BCUT2D eigenvalue weighted by Crippen LogP contribution is -2.27. The van der Waals surface area contributed by atoms with Gasteiger partial charge in [-0.2, -0.15) is 0 Å². The first-order valence-electron chi connectivity index (χ1n) is 8.07. The number of carbonyl (C=O) groups excluding carboxylic acids is 1. The highest BCUT2D eigenvalue weighted by Gasteiger charge is 2.26. The Bertz CT molecular complexity index is 773. The van der Waals surface area contributed by atoms with E-state index in [9.17, 15) is 4.79 Å². The van der Waals surface area contributed by atoms with Crippen molar-refractivity contribution in [1.82, 2.24) is 4.57 Å². The number of benzene rings is 1. The average Bonchev–Trinajstić information content (AvgIpc) is 2.83. The standard InChI is InChI=1S/C18H21ClINO3/c1-18(2,3)24-17(22)21-10-15(20)14-9-12(19)8-13(16(14)21)11-4-6-23-7-5-11/h8-11H,4-7H2,1-3H3. The molecule has 0 saturated carbocycles. The summed E-state index contributed by atoms with van der Waals surface area (Å²) in [5.74, 6) is 0.340. The normalized spacial score (nSPS) is 16.5. The smallest absolute Gasteiger partial charge is 0.419 e. The van der Waals surface area contributed by atoms with Gasteiger partial charge in [0, 0.05) is 33.4 Å². The fourth-order valence-electron chi connectivity index (χ4n) is 3.09. The van der Waals surface area contributed by atoms with E-state index in [2.05, 4.69) is 22.6 Å². The van der Waals surface area contributed by atoms with E-state index in [1.807, 2.05) is 39.1 Å². The summed E-state index contributed by atoms with van der Waals surface area (Å²) in [6.45, 7) is 7.10. The Balaban J connectivity index is 2.14. The van der Waals surface area contributed by atoms with E-state index in [4.69, 9.17) is 21.1 Å². The highest BCUT2D eigenvalue weighted by molar-refractivity contribution is 14.1. The van der Waals surface area contributed by atoms with Gasteiger partial charge >= 0.3 is 6.09 Å². The number of nitrogens with zero attached hydrogens (tertiary/aromatic N) is 1. The molecule has 0 amide bonds. The fourth-order valence-corrected chi connectivity index (χ4v) is 4.01. The molecule has 0 unspecified atom stereocenters. The molecule has 2 aromatic rings. The van der Waals surface area contributed by atoms with Gasteiger partial charge in [-0.3, -0.25) is 4.57 Å². The Kier molecular flexibility index (Phi) is 5.14. The molecule has 1 saturated heterocycles. The van der Waals surface area contributed by atoms with Crippen molar-refractivity contribution < 1.29 is 14.3 Å². The maximum absolute atomic E-state index is 12.7. The van der Waals surface area contributed by atoms with Crippen LogP contribution in [-0.2, 0) is 9.47 Å². The molecule has 0 spiro atoms.